The zero-order valence-electron chi connectivity index (χ0n) is 74.4. The number of nitrogens with zero attached hydrogens (tertiary/aromatic N) is 17. The van der Waals surface area contributed by atoms with Gasteiger partial charge in [0.1, 0.15) is 0 Å². The molecule has 3 fully saturated rings. The summed E-state index contributed by atoms with van der Waals surface area (Å²) in [5.41, 5.74) is 3.00. The number of aromatic nitrogens is 3. The second-order valence-electron chi connectivity index (χ2n) is 33.9. The molecular formula is C89H110ClN19O15S5. The van der Waals surface area contributed by atoms with Gasteiger partial charge in [-0.15, -0.1) is 0 Å². The van der Waals surface area contributed by atoms with Crippen LogP contribution in [0.3, 0.4) is 0 Å². The number of benzene rings is 6. The monoisotopic (exact) mass is 1880 g/mol. The minimum absolute atomic E-state index is 0.0270. The summed E-state index contributed by atoms with van der Waals surface area (Å²) in [7, 11) is -12.7. The van der Waals surface area contributed by atoms with Crippen LogP contribution in [0.4, 0.5) is 22.7 Å². The number of nitrogens with one attached hydrogen (secondary N) is 2. The summed E-state index contributed by atoms with van der Waals surface area (Å²) >= 11 is 6.29. The lowest BCUT2D eigenvalue weighted by Gasteiger charge is -2.32. The number of aliphatic imine (C=N–C) groups is 2. The van der Waals surface area contributed by atoms with Crippen molar-refractivity contribution in [3.8, 4) is 0 Å². The van der Waals surface area contributed by atoms with Gasteiger partial charge in [-0.25, -0.2) is 61.3 Å². The molecule has 9 heterocycles. The first kappa shape index (κ1) is 99.0. The Labute approximate surface area is 758 Å². The summed E-state index contributed by atoms with van der Waals surface area (Å²) < 4.78 is 141. The molecule has 40 heteroatoms. The number of hydroxylamine groups is 6. The molecule has 0 unspecified atom stereocenters. The molecule has 34 nitrogen and oxygen atoms in total. The summed E-state index contributed by atoms with van der Waals surface area (Å²) in [5.74, 6) is 0. The van der Waals surface area contributed by atoms with Gasteiger partial charge in [-0.3, -0.25) is 55.7 Å². The number of piperazine rings is 3. The van der Waals surface area contributed by atoms with Gasteiger partial charge in [-0.05, 0) is 166 Å². The molecular weight excluding hydrogens is 1770 g/mol. The fraction of sp³-hybridized carbons (Fsp3) is 0.348. The van der Waals surface area contributed by atoms with E-state index < -0.39 is 66.7 Å². The fourth-order valence-electron chi connectivity index (χ4n) is 13.6. The molecule has 15 rings (SSSR count). The van der Waals surface area contributed by atoms with Crippen LogP contribution >= 0.6 is 11.6 Å². The maximum atomic E-state index is 13.5. The molecule has 0 radical (unpaired) electrons. The Balaban J connectivity index is 0.000000157. The number of rotatable bonds is 19. The zero-order valence-corrected chi connectivity index (χ0v) is 79.2. The van der Waals surface area contributed by atoms with E-state index in [0.717, 1.165) is 41.3 Å². The molecule has 129 heavy (non-hydrogen) atoms. The number of anilines is 1. The van der Waals surface area contributed by atoms with E-state index in [9.17, 15) is 68.1 Å². The Morgan fingerprint density at radius 1 is 0.512 bits per heavy atom. The lowest BCUT2D eigenvalue weighted by molar-refractivity contribution is -0.530. The highest BCUT2D eigenvalue weighted by atomic mass is 35.5. The van der Waals surface area contributed by atoms with Crippen molar-refractivity contribution in [2.24, 2.45) is 15.0 Å². The first-order valence-corrected chi connectivity index (χ1v) is 49.1. The highest BCUT2D eigenvalue weighted by Crippen LogP contribution is 2.32. The second kappa shape index (κ2) is 41.3. The molecule has 3 saturated heterocycles. The number of fused-ring (bicyclic) bond motifs is 5. The summed E-state index contributed by atoms with van der Waals surface area (Å²) in [6, 6.07) is 33.5. The summed E-state index contributed by atoms with van der Waals surface area (Å²) in [6.07, 6.45) is 23.2. The summed E-state index contributed by atoms with van der Waals surface area (Å²) in [4.78, 5) is 32.1. The third-order valence-corrected chi connectivity index (χ3v) is 30.6. The highest BCUT2D eigenvalue weighted by molar-refractivity contribution is 7.90. The van der Waals surface area contributed by atoms with Crippen molar-refractivity contribution in [3.63, 3.8) is 0 Å². The van der Waals surface area contributed by atoms with Crippen LogP contribution in [-0.4, -0.2) is 274 Å². The van der Waals surface area contributed by atoms with Gasteiger partial charge in [-0.1, -0.05) is 55.8 Å². The lowest BCUT2D eigenvalue weighted by atomic mass is 10.1. The molecule has 9 aromatic rings. The quantitative estimate of drug-likeness (QED) is 0.0244. The third kappa shape index (κ3) is 24.4. The molecule has 688 valence electrons. The van der Waals surface area contributed by atoms with E-state index in [2.05, 4.69) is 54.1 Å². The van der Waals surface area contributed by atoms with Crippen molar-refractivity contribution in [2.45, 2.75) is 117 Å². The van der Waals surface area contributed by atoms with E-state index in [-0.39, 0.29) is 36.6 Å². The van der Waals surface area contributed by atoms with Crippen LogP contribution in [-0.2, 0) is 50.1 Å². The first-order valence-electron chi connectivity index (χ1n) is 41.5. The molecule has 0 aliphatic carbocycles. The predicted molar refractivity (Wildman–Crippen MR) is 504 cm³/mol. The average molecular weight is 1880 g/mol. The van der Waals surface area contributed by atoms with Crippen molar-refractivity contribution in [2.75, 3.05) is 118 Å². The van der Waals surface area contributed by atoms with E-state index in [1.807, 2.05) is 80.9 Å². The lowest BCUT2D eigenvalue weighted by Crippen LogP contribution is -2.49. The number of sulfonamides is 5. The van der Waals surface area contributed by atoms with Crippen LogP contribution in [0, 0.1) is 10.4 Å². The molecule has 0 atom stereocenters. The topological polar surface area (TPSA) is 412 Å². The van der Waals surface area contributed by atoms with E-state index in [4.69, 9.17) is 11.6 Å². The van der Waals surface area contributed by atoms with Crippen molar-refractivity contribution < 1.29 is 67.2 Å². The van der Waals surface area contributed by atoms with E-state index in [1.54, 1.807) is 187 Å². The maximum absolute atomic E-state index is 13.5. The van der Waals surface area contributed by atoms with Crippen LogP contribution < -0.4 is 46.0 Å². The van der Waals surface area contributed by atoms with Gasteiger partial charge in [0.25, 0.3) is 0 Å². The molecule has 0 saturated carbocycles. The number of pyridine rings is 3. The largest absolute Gasteiger partial charge is 0.623 e. The minimum Gasteiger partial charge on any atom is -0.623 e. The van der Waals surface area contributed by atoms with Crippen LogP contribution in [0.5, 0.6) is 0 Å². The van der Waals surface area contributed by atoms with Gasteiger partial charge >= 0.3 is 0 Å². The number of likely N-dealkylation sites (N-methyl/N-ethyl adjacent to an activating group) is 3. The van der Waals surface area contributed by atoms with E-state index >= 15 is 0 Å². The van der Waals surface area contributed by atoms with Gasteiger partial charge in [0.05, 0.1) is 91.4 Å². The molecule has 5 N–H and O–H groups in total. The molecule has 0 bridgehead atoms. The van der Waals surface area contributed by atoms with Gasteiger partial charge < -0.3 is 25.1 Å². The van der Waals surface area contributed by atoms with Crippen molar-refractivity contribution in [3.05, 3.63) is 216 Å². The molecule has 6 aliphatic rings. The molecule has 3 aromatic heterocycles. The first-order chi connectivity index (χ1) is 60.7. The summed E-state index contributed by atoms with van der Waals surface area (Å²) in [6.45, 7) is 26.9. The van der Waals surface area contributed by atoms with Gasteiger partial charge in [0.2, 0.25) is 55.8 Å². The SMILES string of the molecule is CCNS(=O)(=O)c1cc2c(cc1=CN(O)C(C)(C)C)N=CC=2.CCNS(=O)(=O)c1cc2c(cc1=CN(O)c1ccccc1)N=CC=2.CN1CCN(S(=O)(=O)c2cc3c(Cl)ccnc3cc2/C=[N+](\[O-])c2cccnc2)CC1.CN1CCN(S(=O)(=O)c2cc3cccnc3cc2/C=[N+](\[O-])C(C)(C)C)CC1.CN1CCN(S(=O)(=O)c2ccc3c(c2=CN(O)C(C)(C)C)=NC=C3)CC1. The smallest absolute Gasteiger partial charge is 0.244 e. The number of hydrogen-bond acceptors (Lipinski definition) is 27. The van der Waals surface area contributed by atoms with E-state index in [1.165, 1.54) is 56.2 Å². The number of para-hydroxylation sites is 1. The van der Waals surface area contributed by atoms with Crippen molar-refractivity contribution in [1.29, 1.82) is 0 Å². The standard InChI is InChI=1S/C20H20ClN5O3S.C19H26N4O3S.C18H26N4O3S.C17H17N3O3S.C15H21N3O3S/c1-24-7-9-25(10-8-24)30(28,29)20-12-17-18(21)4-6-23-19(17)11-15(20)14-26(27)16-3-2-5-22-13-16;1-19(2,3)23(24)14-16-12-17-15(6-5-7-20-17)13-18(16)27(25,26)22-10-8-21(4)9-11-22;1-18(2,3)22(23)13-15-16(6-5-14-7-8-19-17(14)15)26(24,25)21-11-9-20(4)10-12-21;1-2-19-24(22,23)17-11-13-8-9-18-16(13)10-14(17)12-20(21)15-6-4-3-5-7-15;1-5-17-22(20,21)14-9-11-6-7-16-13(11)8-12(14)10-18(19)15(2,3)4/h2-6,11-14H,7-10H2,1H3;5-7,12-14H,8-11H2,1-4H3;5-8,13,23H,9-12H2,1-4H3;3-12,19,21H,2H2,1H3;6-10,17,19H,5H2,1-4H3/b26-14-;23-14-;;;. The second-order valence-corrected chi connectivity index (χ2v) is 43.5. The van der Waals surface area contributed by atoms with Gasteiger partial charge in [0.15, 0.2) is 18.0 Å². The Hall–Kier alpha value is -10.5. The minimum atomic E-state index is -3.84. The fourth-order valence-corrected chi connectivity index (χ4v) is 21.1. The van der Waals surface area contributed by atoms with Crippen LogP contribution in [0.1, 0.15) is 92.9 Å². The van der Waals surface area contributed by atoms with Gasteiger partial charge in [-0.2, -0.15) is 17.7 Å². The third-order valence-electron chi connectivity index (χ3n) is 21.2. The van der Waals surface area contributed by atoms with Crippen LogP contribution in [0.25, 0.3) is 58.6 Å². The number of hydrogen-bond donors (Lipinski definition) is 5. The molecule has 6 aliphatic heterocycles. The Morgan fingerprint density at radius 3 is 1.50 bits per heavy atom. The zero-order chi connectivity index (χ0) is 93.9. The highest BCUT2D eigenvalue weighted by Gasteiger charge is 2.35. The Kier molecular flexibility index (Phi) is 31.7. The van der Waals surface area contributed by atoms with Crippen molar-refractivity contribution >= 4 is 168 Å². The Morgan fingerprint density at radius 2 is 0.992 bits per heavy atom. The number of halogens is 1. The van der Waals surface area contributed by atoms with Crippen LogP contribution in [0.15, 0.2) is 192 Å². The molecule has 6 aromatic carbocycles. The van der Waals surface area contributed by atoms with Gasteiger partial charge in [0, 0.05) is 217 Å². The molecule has 0 spiro atoms. The predicted octanol–water partition coefficient (Wildman–Crippen LogP) is 6.66. The van der Waals surface area contributed by atoms with Crippen LogP contribution in [0.2, 0.25) is 5.02 Å². The normalized spacial score (nSPS) is 16.7. The van der Waals surface area contributed by atoms with E-state index in [0.29, 0.717) is 161 Å². The summed E-state index contributed by atoms with van der Waals surface area (Å²) in [5, 5.41) is 63.8. The van der Waals surface area contributed by atoms with Crippen molar-refractivity contribution in [1.82, 2.24) is 62.1 Å². The Bertz CT molecular complexity index is 6840. The average Bonchev–Trinajstić information content (AvgIpc) is 1.76. The maximum Gasteiger partial charge on any atom is 0.244 e. The molecule has 0 amide bonds.